The van der Waals surface area contributed by atoms with Crippen LogP contribution >= 0.6 is 11.8 Å². The normalized spacial score (nSPS) is 12.3. The number of hydrogen-bond acceptors (Lipinski definition) is 1. The van der Waals surface area contributed by atoms with Crippen LogP contribution < -0.4 is 0 Å². The highest BCUT2D eigenvalue weighted by molar-refractivity contribution is 7.99. The highest BCUT2D eigenvalue weighted by atomic mass is 32.2. The molecule has 1 aliphatic rings. The summed E-state index contributed by atoms with van der Waals surface area (Å²) < 4.78 is 0. The first kappa shape index (κ1) is 22.9. The average molecular weight is 537 g/mol. The van der Waals surface area contributed by atoms with Gasteiger partial charge in [-0.15, -0.1) is 0 Å². The summed E-state index contributed by atoms with van der Waals surface area (Å²) in [6, 6.07) is 53.8. The van der Waals surface area contributed by atoms with Crippen LogP contribution in [0, 0.1) is 0 Å². The van der Waals surface area contributed by atoms with Crippen LogP contribution in [0.1, 0.15) is 0 Å². The maximum absolute atomic E-state index is 2.43. The van der Waals surface area contributed by atoms with Crippen molar-refractivity contribution in [3.63, 3.8) is 0 Å². The maximum Gasteiger partial charge on any atom is 0.0207 e. The first-order valence-electron chi connectivity index (χ1n) is 14.1. The van der Waals surface area contributed by atoms with Crippen LogP contribution in [0.15, 0.2) is 155 Å². The van der Waals surface area contributed by atoms with E-state index in [1.165, 1.54) is 86.3 Å². The van der Waals surface area contributed by atoms with Gasteiger partial charge in [0.2, 0.25) is 0 Å². The van der Waals surface area contributed by atoms with Crippen molar-refractivity contribution in [3.05, 3.63) is 146 Å². The van der Waals surface area contributed by atoms with Crippen LogP contribution in [0.5, 0.6) is 0 Å². The van der Waals surface area contributed by atoms with Crippen molar-refractivity contribution in [1.29, 1.82) is 0 Å². The van der Waals surface area contributed by atoms with E-state index in [2.05, 4.69) is 146 Å². The largest absolute Gasteiger partial charge is 0.0888 e. The van der Waals surface area contributed by atoms with Gasteiger partial charge in [0.25, 0.3) is 0 Å². The van der Waals surface area contributed by atoms with Gasteiger partial charge in [0.05, 0.1) is 0 Å². The van der Waals surface area contributed by atoms with Crippen molar-refractivity contribution in [2.24, 2.45) is 0 Å². The third-order valence-electron chi connectivity index (χ3n) is 8.63. The Morgan fingerprint density at radius 2 is 1.07 bits per heavy atom. The van der Waals surface area contributed by atoms with Gasteiger partial charge in [0, 0.05) is 15.2 Å². The van der Waals surface area contributed by atoms with E-state index in [9.17, 15) is 0 Å². The molecule has 8 aromatic rings. The second-order valence-electron chi connectivity index (χ2n) is 10.9. The van der Waals surface area contributed by atoms with E-state index in [1.54, 1.807) is 0 Å². The van der Waals surface area contributed by atoms with Crippen LogP contribution in [-0.4, -0.2) is 0 Å². The molecule has 190 valence electrons. The molecule has 0 fully saturated rings. The minimum atomic E-state index is 1.25. The summed E-state index contributed by atoms with van der Waals surface area (Å²) in [5, 5.41) is 10.4. The maximum atomic E-state index is 2.43. The van der Waals surface area contributed by atoms with Gasteiger partial charge in [-0.05, 0) is 95.3 Å². The van der Waals surface area contributed by atoms with Crippen LogP contribution in [0.25, 0.3) is 76.5 Å². The standard InChI is InChI=1S/C40H24S/c1-2-9-25(10-3-1)29-15-8-16-31-32(29)20-21-34-35(31)23-27-11-4-5-14-30(27)39(34)28-19-22-37-36(24-28)33-17-6-12-26-13-7-18-38(41-37)40(26)33/h1-24H. The molecule has 41 heavy (non-hydrogen) atoms. The molecule has 0 spiro atoms. The predicted octanol–water partition coefficient (Wildman–Crippen LogP) is 11.8. The summed E-state index contributed by atoms with van der Waals surface area (Å²) in [7, 11) is 0. The van der Waals surface area contributed by atoms with Crippen molar-refractivity contribution in [2.45, 2.75) is 9.79 Å². The minimum absolute atomic E-state index is 1.25. The molecule has 0 unspecified atom stereocenters. The van der Waals surface area contributed by atoms with Crippen molar-refractivity contribution in [1.82, 2.24) is 0 Å². The van der Waals surface area contributed by atoms with Gasteiger partial charge in [-0.3, -0.25) is 0 Å². The lowest BCUT2D eigenvalue weighted by molar-refractivity contribution is 1.40. The second-order valence-corrected chi connectivity index (χ2v) is 12.0. The Hall–Kier alpha value is -4.85. The monoisotopic (exact) mass is 536 g/mol. The summed E-state index contributed by atoms with van der Waals surface area (Å²) in [5.74, 6) is 0. The van der Waals surface area contributed by atoms with E-state index in [4.69, 9.17) is 0 Å². The lowest BCUT2D eigenvalue weighted by atomic mass is 9.87. The Morgan fingerprint density at radius 3 is 2.00 bits per heavy atom. The zero-order valence-electron chi connectivity index (χ0n) is 22.3. The molecule has 1 heteroatoms. The third-order valence-corrected chi connectivity index (χ3v) is 9.77. The van der Waals surface area contributed by atoms with Crippen LogP contribution in [-0.2, 0) is 0 Å². The minimum Gasteiger partial charge on any atom is -0.0888 e. The lowest BCUT2D eigenvalue weighted by Crippen LogP contribution is -1.94. The fourth-order valence-electron chi connectivity index (χ4n) is 6.81. The molecular formula is C40H24S. The molecular weight excluding hydrogens is 513 g/mol. The van der Waals surface area contributed by atoms with E-state index < -0.39 is 0 Å². The summed E-state index contributed by atoms with van der Waals surface area (Å²) in [6.45, 7) is 0. The fraction of sp³-hybridized carbons (Fsp3) is 0. The van der Waals surface area contributed by atoms with Crippen LogP contribution in [0.2, 0.25) is 0 Å². The molecule has 0 radical (unpaired) electrons. The topological polar surface area (TPSA) is 0 Å². The van der Waals surface area contributed by atoms with E-state index in [1.807, 2.05) is 11.8 Å². The SMILES string of the molecule is c1ccc(-c2cccc3c2ccc2c(-c4ccc5c(c4)-c4cccc6cccc(c46)S5)c4ccccc4cc23)cc1. The Bertz CT molecular complexity index is 2320. The smallest absolute Gasteiger partial charge is 0.0207 e. The van der Waals surface area contributed by atoms with Crippen molar-refractivity contribution >= 4 is 54.9 Å². The van der Waals surface area contributed by atoms with E-state index in [0.717, 1.165) is 0 Å². The quantitative estimate of drug-likeness (QED) is 0.156. The highest BCUT2D eigenvalue weighted by Gasteiger charge is 2.21. The van der Waals surface area contributed by atoms with Crippen LogP contribution in [0.3, 0.4) is 0 Å². The molecule has 0 bridgehead atoms. The summed E-state index contributed by atoms with van der Waals surface area (Å²) in [4.78, 5) is 2.66. The van der Waals surface area contributed by atoms with Crippen molar-refractivity contribution in [3.8, 4) is 33.4 Å². The number of benzene rings is 8. The van der Waals surface area contributed by atoms with E-state index in [0.29, 0.717) is 0 Å². The molecule has 0 saturated carbocycles. The van der Waals surface area contributed by atoms with Gasteiger partial charge < -0.3 is 0 Å². The van der Waals surface area contributed by atoms with Crippen LogP contribution in [0.4, 0.5) is 0 Å². The average Bonchev–Trinajstić information content (AvgIpc) is 3.04. The Morgan fingerprint density at radius 1 is 0.341 bits per heavy atom. The van der Waals surface area contributed by atoms with Gasteiger partial charge in [-0.1, -0.05) is 133 Å². The molecule has 0 saturated heterocycles. The zero-order chi connectivity index (χ0) is 26.9. The predicted molar refractivity (Wildman–Crippen MR) is 177 cm³/mol. The fourth-order valence-corrected chi connectivity index (χ4v) is 7.93. The van der Waals surface area contributed by atoms with E-state index in [-0.39, 0.29) is 0 Å². The zero-order valence-corrected chi connectivity index (χ0v) is 23.1. The molecule has 0 amide bonds. The summed E-state index contributed by atoms with van der Waals surface area (Å²) >= 11 is 1.89. The molecule has 0 aliphatic carbocycles. The first-order chi connectivity index (χ1) is 20.3. The van der Waals surface area contributed by atoms with Gasteiger partial charge in [0.1, 0.15) is 0 Å². The summed E-state index contributed by atoms with van der Waals surface area (Å²) in [6.07, 6.45) is 0. The van der Waals surface area contributed by atoms with Gasteiger partial charge >= 0.3 is 0 Å². The molecule has 1 aliphatic heterocycles. The van der Waals surface area contributed by atoms with Crippen molar-refractivity contribution < 1.29 is 0 Å². The second kappa shape index (κ2) is 8.83. The van der Waals surface area contributed by atoms with Gasteiger partial charge in [0.15, 0.2) is 0 Å². The lowest BCUT2D eigenvalue weighted by Gasteiger charge is -2.22. The Kier molecular flexibility index (Phi) is 4.93. The van der Waals surface area contributed by atoms with Gasteiger partial charge in [-0.25, -0.2) is 0 Å². The Labute approximate surface area is 242 Å². The van der Waals surface area contributed by atoms with Crippen molar-refractivity contribution in [2.75, 3.05) is 0 Å². The number of hydrogen-bond donors (Lipinski definition) is 0. The van der Waals surface area contributed by atoms with E-state index >= 15 is 0 Å². The number of rotatable bonds is 2. The Balaban J connectivity index is 1.35. The molecule has 9 rings (SSSR count). The highest BCUT2D eigenvalue weighted by Crippen LogP contribution is 2.50. The molecule has 1 heterocycles. The summed E-state index contributed by atoms with van der Waals surface area (Å²) in [5.41, 5.74) is 7.75. The molecule has 0 aromatic heterocycles. The third kappa shape index (κ3) is 3.43. The molecule has 0 nitrogen and oxygen atoms in total. The first-order valence-corrected chi connectivity index (χ1v) is 14.9. The van der Waals surface area contributed by atoms with Gasteiger partial charge in [-0.2, -0.15) is 0 Å². The number of fused-ring (bicyclic) bond motifs is 6. The molecule has 8 aromatic carbocycles. The molecule has 0 N–H and O–H groups in total. The molecule has 0 atom stereocenters.